The Morgan fingerprint density at radius 3 is 2.71 bits per heavy atom. The fraction of sp³-hybridized carbons (Fsp3) is 0.667. The summed E-state index contributed by atoms with van der Waals surface area (Å²) in [5.74, 6) is 1.68. The summed E-state index contributed by atoms with van der Waals surface area (Å²) < 4.78 is 0. The van der Waals surface area contributed by atoms with Gasteiger partial charge in [-0.05, 0) is 39.0 Å². The van der Waals surface area contributed by atoms with Gasteiger partial charge in [0.1, 0.15) is 5.82 Å². The van der Waals surface area contributed by atoms with E-state index in [0.717, 1.165) is 37.7 Å². The fourth-order valence-electron chi connectivity index (χ4n) is 2.00. The summed E-state index contributed by atoms with van der Waals surface area (Å²) >= 11 is 0. The third-order valence-electron chi connectivity index (χ3n) is 3.15. The smallest absolute Gasteiger partial charge is 0.224 e. The maximum absolute atomic E-state index is 4.48. The van der Waals surface area contributed by atoms with Crippen molar-refractivity contribution >= 4 is 11.8 Å². The largest absolute Gasteiger partial charge is 0.363 e. The van der Waals surface area contributed by atoms with Crippen LogP contribution < -0.4 is 10.2 Å². The Morgan fingerprint density at radius 1 is 1.35 bits per heavy atom. The molecule has 0 saturated carbocycles. The van der Waals surface area contributed by atoms with E-state index in [1.807, 2.05) is 25.1 Å². The SMILES string of the molecule is CN1CCC(Nc2nccc(N(C)C)n2)CC1. The first-order chi connectivity index (χ1) is 8.15. The van der Waals surface area contributed by atoms with Crippen LogP contribution >= 0.6 is 0 Å². The number of likely N-dealkylation sites (tertiary alicyclic amines) is 1. The van der Waals surface area contributed by atoms with Crippen LogP contribution in [0.5, 0.6) is 0 Å². The van der Waals surface area contributed by atoms with Crippen molar-refractivity contribution in [1.29, 1.82) is 0 Å². The molecule has 1 aromatic heterocycles. The maximum Gasteiger partial charge on any atom is 0.224 e. The molecular weight excluding hydrogens is 214 g/mol. The molecule has 17 heavy (non-hydrogen) atoms. The molecule has 1 aromatic rings. The Morgan fingerprint density at radius 2 is 2.06 bits per heavy atom. The van der Waals surface area contributed by atoms with Gasteiger partial charge in [-0.1, -0.05) is 0 Å². The minimum absolute atomic E-state index is 0.503. The highest BCUT2D eigenvalue weighted by molar-refractivity contribution is 5.41. The van der Waals surface area contributed by atoms with Crippen molar-refractivity contribution in [2.24, 2.45) is 0 Å². The molecule has 5 heteroatoms. The zero-order valence-corrected chi connectivity index (χ0v) is 10.8. The van der Waals surface area contributed by atoms with Crippen molar-refractivity contribution in [3.05, 3.63) is 12.3 Å². The van der Waals surface area contributed by atoms with E-state index in [0.29, 0.717) is 6.04 Å². The molecule has 0 radical (unpaired) electrons. The average molecular weight is 235 g/mol. The third-order valence-corrected chi connectivity index (χ3v) is 3.15. The highest BCUT2D eigenvalue weighted by Crippen LogP contribution is 2.14. The molecule has 0 unspecified atom stereocenters. The van der Waals surface area contributed by atoms with Crippen LogP contribution in [0.25, 0.3) is 0 Å². The van der Waals surface area contributed by atoms with Crippen LogP contribution in [-0.2, 0) is 0 Å². The van der Waals surface area contributed by atoms with Gasteiger partial charge in [0.25, 0.3) is 0 Å². The Balaban J connectivity index is 1.96. The second kappa shape index (κ2) is 5.31. The van der Waals surface area contributed by atoms with Gasteiger partial charge in [0.2, 0.25) is 5.95 Å². The summed E-state index contributed by atoms with van der Waals surface area (Å²) in [5, 5.41) is 3.42. The first kappa shape index (κ1) is 12.1. The lowest BCUT2D eigenvalue weighted by molar-refractivity contribution is 0.263. The Labute approximate surface area is 103 Å². The van der Waals surface area contributed by atoms with Gasteiger partial charge in [-0.2, -0.15) is 4.98 Å². The minimum Gasteiger partial charge on any atom is -0.363 e. The average Bonchev–Trinajstić information content (AvgIpc) is 2.32. The molecule has 1 N–H and O–H groups in total. The van der Waals surface area contributed by atoms with Crippen LogP contribution in [0.2, 0.25) is 0 Å². The van der Waals surface area contributed by atoms with Crippen molar-refractivity contribution in [2.75, 3.05) is 44.4 Å². The summed E-state index contributed by atoms with van der Waals surface area (Å²) in [5.41, 5.74) is 0. The van der Waals surface area contributed by atoms with Crippen molar-refractivity contribution in [1.82, 2.24) is 14.9 Å². The number of aromatic nitrogens is 2. The lowest BCUT2D eigenvalue weighted by atomic mass is 10.1. The molecule has 0 amide bonds. The normalized spacial score (nSPS) is 18.1. The lowest BCUT2D eigenvalue weighted by Gasteiger charge is -2.29. The maximum atomic E-state index is 4.48. The minimum atomic E-state index is 0.503. The van der Waals surface area contributed by atoms with Gasteiger partial charge in [0.05, 0.1) is 0 Å². The molecule has 5 nitrogen and oxygen atoms in total. The molecule has 0 spiro atoms. The van der Waals surface area contributed by atoms with E-state index in [-0.39, 0.29) is 0 Å². The van der Waals surface area contributed by atoms with E-state index in [4.69, 9.17) is 0 Å². The molecule has 0 bridgehead atoms. The molecule has 1 saturated heterocycles. The van der Waals surface area contributed by atoms with E-state index in [1.165, 1.54) is 0 Å². The number of nitrogens with zero attached hydrogens (tertiary/aromatic N) is 4. The van der Waals surface area contributed by atoms with Crippen LogP contribution in [-0.4, -0.2) is 55.1 Å². The Kier molecular flexibility index (Phi) is 3.78. The second-order valence-electron chi connectivity index (χ2n) is 4.85. The van der Waals surface area contributed by atoms with Crippen molar-refractivity contribution in [3.8, 4) is 0 Å². The first-order valence-corrected chi connectivity index (χ1v) is 6.10. The van der Waals surface area contributed by atoms with Crippen LogP contribution in [0.15, 0.2) is 12.3 Å². The Bertz CT molecular complexity index is 358. The summed E-state index contributed by atoms with van der Waals surface area (Å²) in [6, 6.07) is 2.42. The molecule has 94 valence electrons. The van der Waals surface area contributed by atoms with Crippen LogP contribution in [0.1, 0.15) is 12.8 Å². The topological polar surface area (TPSA) is 44.3 Å². The number of piperidine rings is 1. The number of anilines is 2. The summed E-state index contributed by atoms with van der Waals surface area (Å²) in [7, 11) is 6.14. The van der Waals surface area contributed by atoms with Crippen LogP contribution in [0, 0.1) is 0 Å². The monoisotopic (exact) mass is 235 g/mol. The number of nitrogens with one attached hydrogen (secondary N) is 1. The second-order valence-corrected chi connectivity index (χ2v) is 4.85. The van der Waals surface area contributed by atoms with E-state index in [9.17, 15) is 0 Å². The van der Waals surface area contributed by atoms with Gasteiger partial charge in [-0.3, -0.25) is 0 Å². The Hall–Kier alpha value is -1.36. The summed E-state index contributed by atoms with van der Waals surface area (Å²) in [6.07, 6.45) is 4.12. The molecule has 0 atom stereocenters. The van der Waals surface area contributed by atoms with Crippen molar-refractivity contribution in [3.63, 3.8) is 0 Å². The molecule has 2 heterocycles. The van der Waals surface area contributed by atoms with Crippen molar-refractivity contribution in [2.45, 2.75) is 18.9 Å². The highest BCUT2D eigenvalue weighted by atomic mass is 15.2. The number of hydrogen-bond donors (Lipinski definition) is 1. The zero-order valence-electron chi connectivity index (χ0n) is 10.8. The summed E-state index contributed by atoms with van der Waals surface area (Å²) in [4.78, 5) is 13.1. The van der Waals surface area contributed by atoms with Gasteiger partial charge in [-0.25, -0.2) is 4.98 Å². The lowest BCUT2D eigenvalue weighted by Crippen LogP contribution is -2.37. The van der Waals surface area contributed by atoms with Gasteiger partial charge < -0.3 is 15.1 Å². The standard InChI is InChI=1S/C12H21N5/c1-16(2)11-4-7-13-12(15-11)14-10-5-8-17(3)9-6-10/h4,7,10H,5-6,8-9H2,1-3H3,(H,13,14,15). The zero-order chi connectivity index (χ0) is 12.3. The molecule has 0 aliphatic carbocycles. The molecule has 0 aromatic carbocycles. The fourth-order valence-corrected chi connectivity index (χ4v) is 2.00. The molecule has 1 aliphatic rings. The molecular formula is C12H21N5. The van der Waals surface area contributed by atoms with E-state index in [2.05, 4.69) is 27.2 Å². The van der Waals surface area contributed by atoms with Gasteiger partial charge in [-0.15, -0.1) is 0 Å². The molecule has 1 fully saturated rings. The predicted octanol–water partition coefficient (Wildman–Crippen LogP) is 1.05. The van der Waals surface area contributed by atoms with E-state index >= 15 is 0 Å². The van der Waals surface area contributed by atoms with Gasteiger partial charge in [0, 0.05) is 26.3 Å². The van der Waals surface area contributed by atoms with Crippen LogP contribution in [0.3, 0.4) is 0 Å². The van der Waals surface area contributed by atoms with E-state index < -0.39 is 0 Å². The third kappa shape index (κ3) is 3.30. The van der Waals surface area contributed by atoms with Gasteiger partial charge >= 0.3 is 0 Å². The first-order valence-electron chi connectivity index (χ1n) is 6.10. The molecule has 2 rings (SSSR count). The predicted molar refractivity (Wildman–Crippen MR) is 70.5 cm³/mol. The quantitative estimate of drug-likeness (QED) is 0.848. The van der Waals surface area contributed by atoms with Crippen LogP contribution in [0.4, 0.5) is 11.8 Å². The number of rotatable bonds is 3. The summed E-state index contributed by atoms with van der Waals surface area (Å²) in [6.45, 7) is 2.29. The number of hydrogen-bond acceptors (Lipinski definition) is 5. The van der Waals surface area contributed by atoms with Gasteiger partial charge in [0.15, 0.2) is 0 Å². The molecule has 1 aliphatic heterocycles. The van der Waals surface area contributed by atoms with Crippen molar-refractivity contribution < 1.29 is 0 Å². The highest BCUT2D eigenvalue weighted by Gasteiger charge is 2.17. The van der Waals surface area contributed by atoms with E-state index in [1.54, 1.807) is 6.20 Å².